The van der Waals surface area contributed by atoms with Gasteiger partial charge in [-0.15, -0.1) is 11.3 Å². The second-order valence-corrected chi connectivity index (χ2v) is 8.18. The molecule has 0 fully saturated rings. The molecule has 0 atom stereocenters. The summed E-state index contributed by atoms with van der Waals surface area (Å²) in [6.45, 7) is 4.57. The Morgan fingerprint density at radius 3 is 2.56 bits per heavy atom. The first-order chi connectivity index (χ1) is 12.9. The summed E-state index contributed by atoms with van der Waals surface area (Å²) in [5.41, 5.74) is 5.41. The fraction of sp³-hybridized carbons (Fsp3) is 0.273. The lowest BCUT2D eigenvalue weighted by Gasteiger charge is -2.14. The first kappa shape index (κ1) is 19.1. The molecule has 0 saturated heterocycles. The van der Waals surface area contributed by atoms with E-state index in [9.17, 15) is 4.79 Å². The molecule has 0 saturated carbocycles. The summed E-state index contributed by atoms with van der Waals surface area (Å²) >= 11 is 1.59. The summed E-state index contributed by atoms with van der Waals surface area (Å²) in [5, 5.41) is 4.01. The number of benzene rings is 2. The van der Waals surface area contributed by atoms with Crippen LogP contribution in [0.2, 0.25) is 0 Å². The van der Waals surface area contributed by atoms with Gasteiger partial charge in [0, 0.05) is 36.8 Å². The van der Waals surface area contributed by atoms with Gasteiger partial charge in [-0.3, -0.25) is 4.79 Å². The summed E-state index contributed by atoms with van der Waals surface area (Å²) in [4.78, 5) is 20.2. The second kappa shape index (κ2) is 8.35. The highest BCUT2D eigenvalue weighted by Crippen LogP contribution is 2.28. The van der Waals surface area contributed by atoms with E-state index in [1.807, 2.05) is 33.2 Å². The highest BCUT2D eigenvalue weighted by molar-refractivity contribution is 7.12. The normalized spacial score (nSPS) is 10.7. The summed E-state index contributed by atoms with van der Waals surface area (Å²) in [5.74, 6) is 0.0160. The van der Waals surface area contributed by atoms with Crippen molar-refractivity contribution in [2.75, 3.05) is 19.0 Å². The van der Waals surface area contributed by atoms with Crippen molar-refractivity contribution < 1.29 is 4.79 Å². The van der Waals surface area contributed by atoms with Gasteiger partial charge in [0.2, 0.25) is 5.91 Å². The molecule has 1 aromatic heterocycles. The maximum atomic E-state index is 12.5. The topological polar surface area (TPSA) is 45.2 Å². The molecule has 1 N–H and O–H groups in total. The van der Waals surface area contributed by atoms with E-state index in [2.05, 4.69) is 58.5 Å². The van der Waals surface area contributed by atoms with Gasteiger partial charge in [0.1, 0.15) is 0 Å². The number of hydrogen-bond donors (Lipinski definition) is 1. The number of hydrogen-bond acceptors (Lipinski definition) is 4. The Kier molecular flexibility index (Phi) is 5.91. The van der Waals surface area contributed by atoms with Crippen molar-refractivity contribution in [1.29, 1.82) is 0 Å². The van der Waals surface area contributed by atoms with E-state index in [4.69, 9.17) is 0 Å². The zero-order valence-electron chi connectivity index (χ0n) is 16.2. The Balaban J connectivity index is 1.68. The largest absolute Gasteiger partial charge is 0.378 e. The molecular formula is C22H25N3OS. The van der Waals surface area contributed by atoms with E-state index in [1.54, 1.807) is 11.3 Å². The predicted molar refractivity (Wildman–Crippen MR) is 113 cm³/mol. The second-order valence-electron chi connectivity index (χ2n) is 6.89. The molecule has 0 spiro atoms. The molecule has 3 aromatic rings. The van der Waals surface area contributed by atoms with Gasteiger partial charge < -0.3 is 10.2 Å². The molecule has 5 heteroatoms. The van der Waals surface area contributed by atoms with E-state index in [0.717, 1.165) is 32.4 Å². The first-order valence-electron chi connectivity index (χ1n) is 8.98. The van der Waals surface area contributed by atoms with Crippen molar-refractivity contribution in [2.24, 2.45) is 0 Å². The number of nitrogens with one attached hydrogen (secondary N) is 1. The molecule has 0 bridgehead atoms. The molecule has 0 aliphatic rings. The minimum Gasteiger partial charge on any atom is -0.378 e. The fourth-order valence-corrected chi connectivity index (χ4v) is 3.84. The van der Waals surface area contributed by atoms with Crippen molar-refractivity contribution in [1.82, 2.24) is 10.3 Å². The van der Waals surface area contributed by atoms with Crippen LogP contribution in [-0.2, 0) is 17.8 Å². The minimum atomic E-state index is 0.0160. The monoisotopic (exact) mass is 379 g/mol. The van der Waals surface area contributed by atoms with Crippen molar-refractivity contribution in [3.63, 3.8) is 0 Å². The highest BCUT2D eigenvalue weighted by atomic mass is 32.1. The molecule has 1 heterocycles. The molecule has 0 aliphatic heterocycles. The number of amides is 1. The van der Waals surface area contributed by atoms with Gasteiger partial charge in [-0.2, -0.15) is 0 Å². The van der Waals surface area contributed by atoms with E-state index < -0.39 is 0 Å². The van der Waals surface area contributed by atoms with Crippen LogP contribution in [0.1, 0.15) is 21.0 Å². The van der Waals surface area contributed by atoms with Crippen molar-refractivity contribution in [2.45, 2.75) is 26.8 Å². The number of rotatable bonds is 6. The third-order valence-electron chi connectivity index (χ3n) is 4.37. The highest BCUT2D eigenvalue weighted by Gasteiger charge is 2.14. The van der Waals surface area contributed by atoms with Crippen molar-refractivity contribution in [3.8, 4) is 11.3 Å². The first-order valence-corrected chi connectivity index (χ1v) is 9.80. The Morgan fingerprint density at radius 2 is 1.85 bits per heavy atom. The van der Waals surface area contributed by atoms with E-state index in [-0.39, 0.29) is 5.91 Å². The van der Waals surface area contributed by atoms with Crippen LogP contribution in [0.3, 0.4) is 0 Å². The van der Waals surface area contributed by atoms with Gasteiger partial charge in [-0.25, -0.2) is 4.98 Å². The lowest BCUT2D eigenvalue weighted by atomic mass is 10.1. The van der Waals surface area contributed by atoms with Crippen LogP contribution < -0.4 is 10.2 Å². The number of aromatic nitrogens is 1. The van der Waals surface area contributed by atoms with Crippen LogP contribution in [0.25, 0.3) is 11.3 Å². The standard InChI is InChI=1S/C22H25N3OS/c1-15-8-10-18(11-9-15)22-20(27-16(2)24-22)13-21(26)23-14-17-6-5-7-19(12-17)25(3)4/h5-12H,13-14H2,1-4H3,(H,23,26). The lowest BCUT2D eigenvalue weighted by molar-refractivity contribution is -0.120. The predicted octanol–water partition coefficient (Wildman–Crippen LogP) is 4.35. The number of carbonyl (C=O) groups excluding carboxylic acids is 1. The summed E-state index contributed by atoms with van der Waals surface area (Å²) < 4.78 is 0. The minimum absolute atomic E-state index is 0.0160. The number of carbonyl (C=O) groups is 1. The summed E-state index contributed by atoms with van der Waals surface area (Å²) in [6, 6.07) is 16.5. The average molecular weight is 380 g/mol. The van der Waals surface area contributed by atoms with Gasteiger partial charge in [0.25, 0.3) is 0 Å². The third kappa shape index (κ3) is 4.95. The van der Waals surface area contributed by atoms with Crippen LogP contribution in [0.15, 0.2) is 48.5 Å². The Labute approximate surface area is 164 Å². The maximum Gasteiger partial charge on any atom is 0.225 e. The molecule has 0 radical (unpaired) electrons. The number of nitrogens with zero attached hydrogens (tertiary/aromatic N) is 2. The van der Waals surface area contributed by atoms with Gasteiger partial charge in [0.05, 0.1) is 17.1 Å². The van der Waals surface area contributed by atoms with Gasteiger partial charge >= 0.3 is 0 Å². The van der Waals surface area contributed by atoms with E-state index >= 15 is 0 Å². The number of thiazole rings is 1. The van der Waals surface area contributed by atoms with Crippen LogP contribution in [0, 0.1) is 13.8 Å². The van der Waals surface area contributed by atoms with Crippen LogP contribution in [0.5, 0.6) is 0 Å². The molecule has 140 valence electrons. The van der Waals surface area contributed by atoms with E-state index in [0.29, 0.717) is 13.0 Å². The molecule has 3 rings (SSSR count). The number of anilines is 1. The van der Waals surface area contributed by atoms with E-state index in [1.165, 1.54) is 5.56 Å². The molecule has 4 nitrogen and oxygen atoms in total. The molecule has 1 amide bonds. The summed E-state index contributed by atoms with van der Waals surface area (Å²) in [6.07, 6.45) is 0.349. The number of aryl methyl sites for hydroxylation is 2. The van der Waals surface area contributed by atoms with Gasteiger partial charge in [0.15, 0.2) is 0 Å². The Morgan fingerprint density at radius 1 is 1.11 bits per heavy atom. The fourth-order valence-electron chi connectivity index (χ4n) is 2.88. The van der Waals surface area contributed by atoms with Crippen molar-refractivity contribution in [3.05, 3.63) is 69.5 Å². The quantitative estimate of drug-likeness (QED) is 0.692. The summed E-state index contributed by atoms with van der Waals surface area (Å²) in [7, 11) is 4.02. The van der Waals surface area contributed by atoms with Gasteiger partial charge in [-0.1, -0.05) is 42.0 Å². The van der Waals surface area contributed by atoms with Crippen LogP contribution in [0.4, 0.5) is 5.69 Å². The Hall–Kier alpha value is -2.66. The van der Waals surface area contributed by atoms with Crippen molar-refractivity contribution >= 4 is 22.9 Å². The lowest BCUT2D eigenvalue weighted by Crippen LogP contribution is -2.24. The molecule has 2 aromatic carbocycles. The molecule has 0 unspecified atom stereocenters. The maximum absolute atomic E-state index is 12.5. The smallest absolute Gasteiger partial charge is 0.225 e. The third-order valence-corrected chi connectivity index (χ3v) is 5.34. The zero-order valence-corrected chi connectivity index (χ0v) is 17.1. The van der Waals surface area contributed by atoms with Crippen LogP contribution >= 0.6 is 11.3 Å². The van der Waals surface area contributed by atoms with Gasteiger partial charge in [-0.05, 0) is 31.5 Å². The zero-order chi connectivity index (χ0) is 19.4. The SMILES string of the molecule is Cc1ccc(-c2nc(C)sc2CC(=O)NCc2cccc(N(C)C)c2)cc1. The molecular weight excluding hydrogens is 354 g/mol. The Bertz CT molecular complexity index is 929. The molecule has 0 aliphatic carbocycles. The van der Waals surface area contributed by atoms with Crippen LogP contribution in [-0.4, -0.2) is 25.0 Å². The average Bonchev–Trinajstić information content (AvgIpc) is 3.01. The molecule has 27 heavy (non-hydrogen) atoms.